The fourth-order valence-electron chi connectivity index (χ4n) is 1.36. The molecule has 0 aromatic heterocycles. The number of alkyl halides is 3. The van der Waals surface area contributed by atoms with E-state index in [0.29, 0.717) is 10.2 Å². The van der Waals surface area contributed by atoms with Gasteiger partial charge in [0.25, 0.3) is 6.47 Å². The topological polar surface area (TPSA) is 78.8 Å². The molecule has 1 N–H and O–H groups in total. The molecule has 0 bridgehead atoms. The number of carbonyl (C=O) groups is 1. The Labute approximate surface area is 332 Å². The molecule has 0 aliphatic rings. The molecule has 0 aliphatic carbocycles. The predicted molar refractivity (Wildman–Crippen MR) is 144 cm³/mol. The molecular formula is C19H21Br3F2I2K2O5. The van der Waals surface area contributed by atoms with E-state index in [-0.39, 0.29) is 128 Å². The number of hydrogen-bond acceptors (Lipinski definition) is 5. The van der Waals surface area contributed by atoms with Gasteiger partial charge in [0.15, 0.2) is 0 Å². The van der Waals surface area contributed by atoms with Crippen molar-refractivity contribution in [1.29, 1.82) is 0 Å². The maximum absolute atomic E-state index is 12.7. The molecule has 0 radical (unpaired) electrons. The molecule has 0 saturated carbocycles. The van der Waals surface area contributed by atoms with Gasteiger partial charge in [-0.2, -0.15) is 0 Å². The molecule has 2 aromatic carbocycles. The molecule has 0 saturated heterocycles. The molecule has 2 aromatic rings. The molecule has 0 amide bonds. The molecule has 0 spiro atoms. The Balaban J connectivity index is -0.000000118. The Kier molecular flexibility index (Phi) is 41.9. The zero-order valence-electron chi connectivity index (χ0n) is 19.0. The molecule has 0 heterocycles. The van der Waals surface area contributed by atoms with Crippen molar-refractivity contribution >= 4 is 99.4 Å². The van der Waals surface area contributed by atoms with Crippen LogP contribution in [0.2, 0.25) is 0 Å². The zero-order valence-corrected chi connectivity index (χ0v) is 33.3. The molecule has 14 heteroatoms. The second kappa shape index (κ2) is 31.7. The van der Waals surface area contributed by atoms with Crippen LogP contribution in [0.15, 0.2) is 36.4 Å². The summed E-state index contributed by atoms with van der Waals surface area (Å²) in [5.74, 6) is 0.328. The molecule has 0 unspecified atom stereocenters. The number of halogens is 7. The van der Waals surface area contributed by atoms with Gasteiger partial charge in [-0.1, -0.05) is 47.8 Å². The van der Waals surface area contributed by atoms with E-state index in [1.165, 1.54) is 36.8 Å². The number of phenolic OH excluding ortho intramolecular Hbond substituents is 1. The van der Waals surface area contributed by atoms with Crippen LogP contribution in [0.5, 0.6) is 11.5 Å². The first-order valence-corrected chi connectivity index (χ1v) is 13.9. The molecule has 0 aliphatic heterocycles. The fourth-order valence-corrected chi connectivity index (χ4v) is 4.01. The van der Waals surface area contributed by atoms with Crippen molar-refractivity contribution < 1.29 is 138 Å². The minimum absolute atomic E-state index is 0. The Morgan fingerprint density at radius 1 is 0.939 bits per heavy atom. The molecular weight excluding hydrogens is 918 g/mol. The quantitative estimate of drug-likeness (QED) is 0.0832. The van der Waals surface area contributed by atoms with Crippen LogP contribution < -0.4 is 113 Å². The first kappa shape index (κ1) is 43.6. The summed E-state index contributed by atoms with van der Waals surface area (Å²) in [4.78, 5) is 11.2. The van der Waals surface area contributed by atoms with Crippen LogP contribution in [-0.4, -0.2) is 34.2 Å². The normalized spacial score (nSPS) is 8.48. The third-order valence-corrected chi connectivity index (χ3v) is 6.03. The number of hydrogen-bond donors (Lipinski definition) is 1. The van der Waals surface area contributed by atoms with Crippen molar-refractivity contribution in [3.8, 4) is 11.5 Å². The zero-order chi connectivity index (χ0) is 24.1. The number of ether oxygens (including phenoxy) is 1. The third-order valence-electron chi connectivity index (χ3n) is 2.65. The number of aromatic hydroxyl groups is 1. The molecule has 2 rings (SSSR count). The van der Waals surface area contributed by atoms with Crippen molar-refractivity contribution in [2.24, 2.45) is 0 Å². The molecule has 0 atom stereocenters. The van der Waals surface area contributed by atoms with E-state index in [9.17, 15) is 8.78 Å². The van der Waals surface area contributed by atoms with Crippen LogP contribution in [0.4, 0.5) is 8.78 Å². The smallest absolute Gasteiger partial charge is 1.00 e. The van der Waals surface area contributed by atoms with Crippen molar-refractivity contribution in [3.63, 3.8) is 0 Å². The first-order chi connectivity index (χ1) is 14.8. The van der Waals surface area contributed by atoms with Crippen LogP contribution >= 0.6 is 93.0 Å². The second-order valence-corrected chi connectivity index (χ2v) is 9.69. The van der Waals surface area contributed by atoms with Gasteiger partial charge in [-0.15, -0.1) is 0 Å². The second-order valence-electron chi connectivity index (χ2n) is 4.99. The Bertz CT molecular complexity index is 746. The minimum Gasteiger partial charge on any atom is -1.00 e. The van der Waals surface area contributed by atoms with E-state index < -0.39 is 0 Å². The monoisotopic (exact) mass is 936 g/mol. The Hall–Kier alpha value is 3.50. The van der Waals surface area contributed by atoms with E-state index in [2.05, 4.69) is 75.3 Å². The molecule has 0 fully saturated rings. The van der Waals surface area contributed by atoms with Crippen molar-refractivity contribution in [2.45, 2.75) is 12.8 Å². The largest absolute Gasteiger partial charge is 1.00 e. The average Bonchev–Trinajstić information content (AvgIpc) is 2.74. The summed E-state index contributed by atoms with van der Waals surface area (Å²) in [6.45, 7) is 0.479. The predicted octanol–water partition coefficient (Wildman–Crippen LogP) is 0.452. The van der Waals surface area contributed by atoms with Gasteiger partial charge < -0.3 is 21.4 Å². The van der Waals surface area contributed by atoms with Gasteiger partial charge in [-0.25, -0.2) is 8.78 Å². The van der Waals surface area contributed by atoms with E-state index in [1.807, 2.05) is 22.6 Å². The van der Waals surface area contributed by atoms with Crippen molar-refractivity contribution in [3.05, 3.63) is 55.2 Å². The molecule has 5 nitrogen and oxygen atoms in total. The maximum Gasteiger partial charge on any atom is 1.00 e. The third kappa shape index (κ3) is 28.3. The minimum atomic E-state index is -0.322. The van der Waals surface area contributed by atoms with Gasteiger partial charge in [-0.3, -0.25) is 4.79 Å². The van der Waals surface area contributed by atoms with E-state index in [1.54, 1.807) is 6.07 Å². The number of benzene rings is 2. The Morgan fingerprint density at radius 2 is 1.39 bits per heavy atom. The molecule has 178 valence electrons. The van der Waals surface area contributed by atoms with E-state index in [0.717, 1.165) is 31.7 Å². The standard InChI is InChI=1S/C9H9BrFIO.C6H4FIO.C3H6Br2.CH2O3.2K.H/c10-4-1-5-13-9-3-2-7(11)6-8(9)12;7-4-1-2-6(9)5(8)3-4;4-2-1-3-5;2-1-4-3;;;/h2-3,6H,1,4-5H2;1-3,9H;1-3H2;1,3H;;;/q;;;;2*+1;-1/p-1. The summed E-state index contributed by atoms with van der Waals surface area (Å²) < 4.78 is 31.7. The summed E-state index contributed by atoms with van der Waals surface area (Å²) in [6.07, 6.45) is 2.17. The van der Waals surface area contributed by atoms with Gasteiger partial charge in [0.1, 0.15) is 23.1 Å². The SMILES string of the molecule is BrCCCBr.Fc1ccc(OCCCBr)c(I)c1.O=CO[O-].Oc1ccc(F)cc1I.[H-].[K+].[K+]. The number of carbonyl (C=O) groups excluding carboxylic acids is 1. The molecule has 33 heavy (non-hydrogen) atoms. The van der Waals surface area contributed by atoms with Crippen LogP contribution in [-0.2, 0) is 9.68 Å². The summed E-state index contributed by atoms with van der Waals surface area (Å²) in [5, 5.41) is 20.4. The number of phenols is 1. The van der Waals surface area contributed by atoms with Crippen LogP contribution in [0.25, 0.3) is 0 Å². The average molecular weight is 939 g/mol. The van der Waals surface area contributed by atoms with Gasteiger partial charge in [-0.05, 0) is 94.4 Å². The van der Waals surface area contributed by atoms with Gasteiger partial charge in [0.05, 0.1) is 13.7 Å². The van der Waals surface area contributed by atoms with Gasteiger partial charge >= 0.3 is 103 Å². The first-order valence-electron chi connectivity index (χ1n) is 8.39. The Morgan fingerprint density at radius 3 is 1.73 bits per heavy atom. The van der Waals surface area contributed by atoms with Gasteiger partial charge in [0.2, 0.25) is 0 Å². The number of rotatable bonds is 7. The van der Waals surface area contributed by atoms with Crippen molar-refractivity contribution in [2.75, 3.05) is 22.6 Å². The van der Waals surface area contributed by atoms with E-state index >= 15 is 0 Å². The maximum atomic E-state index is 12.7. The van der Waals surface area contributed by atoms with Crippen molar-refractivity contribution in [1.82, 2.24) is 0 Å². The van der Waals surface area contributed by atoms with Crippen LogP contribution in [0.3, 0.4) is 0 Å². The summed E-state index contributed by atoms with van der Waals surface area (Å²) in [5.41, 5.74) is 0. The van der Waals surface area contributed by atoms with Gasteiger partial charge in [0, 0.05) is 16.0 Å². The van der Waals surface area contributed by atoms with Crippen LogP contribution in [0, 0.1) is 18.8 Å². The van der Waals surface area contributed by atoms with Crippen LogP contribution in [0.1, 0.15) is 14.3 Å². The summed E-state index contributed by atoms with van der Waals surface area (Å²) >= 11 is 13.8. The fraction of sp³-hybridized carbons (Fsp3) is 0.316. The summed E-state index contributed by atoms with van der Waals surface area (Å²) in [7, 11) is 0. The van der Waals surface area contributed by atoms with E-state index in [4.69, 9.17) is 19.9 Å². The summed E-state index contributed by atoms with van der Waals surface area (Å²) in [6, 6.07) is 8.35.